The van der Waals surface area contributed by atoms with E-state index in [0.717, 1.165) is 5.75 Å². The van der Waals surface area contributed by atoms with Crippen LogP contribution < -0.4 is 4.74 Å². The standard InChI is InChI=1S/C23H17NO/c1-23-11-5-4-8-21(23)25-20-10-9-14-12-17-15-6-2-3-7-18(15)24-19(17)13-16(14)22(20)23/h2-13,21,24H,1H3. The zero-order valence-corrected chi connectivity index (χ0v) is 13.9. The molecule has 3 aromatic carbocycles. The number of ether oxygens (including phenoxy) is 1. The maximum absolute atomic E-state index is 6.24. The highest BCUT2D eigenvalue weighted by Crippen LogP contribution is 2.49. The zero-order chi connectivity index (χ0) is 16.6. The number of H-pyrrole nitrogens is 1. The SMILES string of the molecule is CC12C=CC=CC1Oc1ccc3cc4c(cc3c12)[nH]c1ccccc14. The van der Waals surface area contributed by atoms with Crippen LogP contribution in [-0.2, 0) is 5.41 Å². The van der Waals surface area contributed by atoms with Crippen molar-refractivity contribution in [3.8, 4) is 5.75 Å². The highest BCUT2D eigenvalue weighted by atomic mass is 16.5. The molecule has 6 rings (SSSR count). The fourth-order valence-corrected chi connectivity index (χ4v) is 4.54. The van der Waals surface area contributed by atoms with E-state index >= 15 is 0 Å². The first kappa shape index (κ1) is 13.3. The number of hydrogen-bond donors (Lipinski definition) is 1. The molecule has 2 nitrogen and oxygen atoms in total. The molecule has 0 saturated heterocycles. The Kier molecular flexibility index (Phi) is 2.31. The van der Waals surface area contributed by atoms with Gasteiger partial charge in [-0.1, -0.05) is 42.5 Å². The summed E-state index contributed by atoms with van der Waals surface area (Å²) in [7, 11) is 0. The van der Waals surface area contributed by atoms with Crippen molar-refractivity contribution in [1.82, 2.24) is 4.98 Å². The largest absolute Gasteiger partial charge is 0.485 e. The molecule has 1 aliphatic carbocycles. The van der Waals surface area contributed by atoms with E-state index in [-0.39, 0.29) is 11.5 Å². The number of nitrogens with one attached hydrogen (secondary N) is 1. The summed E-state index contributed by atoms with van der Waals surface area (Å²) in [6.07, 6.45) is 8.73. The van der Waals surface area contributed by atoms with Gasteiger partial charge in [0.15, 0.2) is 0 Å². The topological polar surface area (TPSA) is 25.0 Å². The van der Waals surface area contributed by atoms with Crippen LogP contribution in [-0.4, -0.2) is 11.1 Å². The molecule has 1 aliphatic heterocycles. The minimum absolute atomic E-state index is 0.0801. The third-order valence-corrected chi connectivity index (χ3v) is 5.83. The Morgan fingerprint density at radius 1 is 0.920 bits per heavy atom. The Morgan fingerprint density at radius 2 is 1.84 bits per heavy atom. The quantitative estimate of drug-likeness (QED) is 0.446. The van der Waals surface area contributed by atoms with Gasteiger partial charge in [-0.2, -0.15) is 0 Å². The van der Waals surface area contributed by atoms with E-state index in [9.17, 15) is 0 Å². The van der Waals surface area contributed by atoms with Gasteiger partial charge in [-0.05, 0) is 48.0 Å². The molecule has 0 amide bonds. The van der Waals surface area contributed by atoms with Crippen LogP contribution in [0.3, 0.4) is 0 Å². The van der Waals surface area contributed by atoms with E-state index in [2.05, 4.69) is 84.7 Å². The summed E-state index contributed by atoms with van der Waals surface area (Å²) in [4.78, 5) is 3.57. The van der Waals surface area contributed by atoms with Gasteiger partial charge in [-0.25, -0.2) is 0 Å². The second-order valence-corrected chi connectivity index (χ2v) is 7.29. The number of hydrogen-bond acceptors (Lipinski definition) is 1. The summed E-state index contributed by atoms with van der Waals surface area (Å²) in [6, 6.07) is 17.4. The fourth-order valence-electron chi connectivity index (χ4n) is 4.54. The number of aromatic nitrogens is 1. The Labute approximate surface area is 145 Å². The van der Waals surface area contributed by atoms with Crippen molar-refractivity contribution in [2.75, 3.05) is 0 Å². The molecule has 2 unspecified atom stereocenters. The minimum Gasteiger partial charge on any atom is -0.485 e. The lowest BCUT2D eigenvalue weighted by atomic mass is 9.75. The number of rotatable bonds is 0. The van der Waals surface area contributed by atoms with Gasteiger partial charge >= 0.3 is 0 Å². The molecule has 0 fully saturated rings. The van der Waals surface area contributed by atoms with Crippen LogP contribution in [0.25, 0.3) is 32.6 Å². The van der Waals surface area contributed by atoms with Crippen LogP contribution in [0.5, 0.6) is 5.75 Å². The van der Waals surface area contributed by atoms with Gasteiger partial charge in [0.05, 0.1) is 5.41 Å². The number of para-hydroxylation sites is 1. The molecular weight excluding hydrogens is 306 g/mol. The Balaban J connectivity index is 1.74. The molecule has 1 aromatic heterocycles. The Morgan fingerprint density at radius 3 is 2.80 bits per heavy atom. The molecule has 2 aliphatic rings. The average molecular weight is 323 g/mol. The van der Waals surface area contributed by atoms with Crippen molar-refractivity contribution in [3.63, 3.8) is 0 Å². The summed E-state index contributed by atoms with van der Waals surface area (Å²) in [5, 5.41) is 5.11. The molecule has 0 radical (unpaired) electrons. The van der Waals surface area contributed by atoms with Crippen molar-refractivity contribution >= 4 is 32.6 Å². The molecule has 1 N–H and O–H groups in total. The van der Waals surface area contributed by atoms with Gasteiger partial charge in [0, 0.05) is 27.4 Å². The number of fused-ring (bicyclic) bond motifs is 8. The first-order chi connectivity index (χ1) is 12.2. The number of aromatic amines is 1. The predicted octanol–water partition coefficient (Wildman–Crippen LogP) is 5.62. The van der Waals surface area contributed by atoms with Crippen molar-refractivity contribution < 1.29 is 4.74 Å². The highest BCUT2D eigenvalue weighted by molar-refractivity contribution is 6.12. The third kappa shape index (κ3) is 1.59. The van der Waals surface area contributed by atoms with Crippen LogP contribution in [0.4, 0.5) is 0 Å². The van der Waals surface area contributed by atoms with E-state index in [1.54, 1.807) is 0 Å². The summed E-state index contributed by atoms with van der Waals surface area (Å²) in [6.45, 7) is 2.28. The molecule has 0 spiro atoms. The molecule has 120 valence electrons. The lowest BCUT2D eigenvalue weighted by Crippen LogP contribution is -2.33. The van der Waals surface area contributed by atoms with E-state index in [1.165, 1.54) is 38.1 Å². The monoisotopic (exact) mass is 323 g/mol. The zero-order valence-electron chi connectivity index (χ0n) is 13.9. The second-order valence-electron chi connectivity index (χ2n) is 7.29. The van der Waals surface area contributed by atoms with Crippen molar-refractivity contribution in [3.05, 3.63) is 78.4 Å². The van der Waals surface area contributed by atoms with Crippen LogP contribution >= 0.6 is 0 Å². The second kappa shape index (κ2) is 4.34. The fraction of sp³-hybridized carbons (Fsp3) is 0.130. The van der Waals surface area contributed by atoms with Crippen LogP contribution in [0.15, 0.2) is 72.8 Å². The number of allylic oxidation sites excluding steroid dienone is 2. The molecule has 0 saturated carbocycles. The van der Waals surface area contributed by atoms with Gasteiger partial charge in [0.25, 0.3) is 0 Å². The lowest BCUT2D eigenvalue weighted by Gasteiger charge is -2.27. The average Bonchev–Trinajstić information content (AvgIpc) is 3.14. The molecular formula is C23H17NO. The molecule has 0 bridgehead atoms. The van der Waals surface area contributed by atoms with Gasteiger partial charge < -0.3 is 9.72 Å². The Hall–Kier alpha value is -3.00. The molecule has 4 aromatic rings. The Bertz CT molecular complexity index is 1240. The third-order valence-electron chi connectivity index (χ3n) is 5.83. The van der Waals surface area contributed by atoms with Crippen molar-refractivity contribution in [1.29, 1.82) is 0 Å². The van der Waals surface area contributed by atoms with Crippen LogP contribution in [0.1, 0.15) is 12.5 Å². The summed E-state index contributed by atoms with van der Waals surface area (Å²) in [5.41, 5.74) is 3.56. The van der Waals surface area contributed by atoms with Gasteiger partial charge in [0.1, 0.15) is 11.9 Å². The van der Waals surface area contributed by atoms with Crippen LogP contribution in [0.2, 0.25) is 0 Å². The predicted molar refractivity (Wildman–Crippen MR) is 103 cm³/mol. The molecule has 2 atom stereocenters. The van der Waals surface area contributed by atoms with E-state index < -0.39 is 0 Å². The maximum atomic E-state index is 6.24. The smallest absolute Gasteiger partial charge is 0.130 e. The van der Waals surface area contributed by atoms with Gasteiger partial charge in [-0.15, -0.1) is 0 Å². The first-order valence-electron chi connectivity index (χ1n) is 8.74. The summed E-state index contributed by atoms with van der Waals surface area (Å²) in [5.74, 6) is 1.01. The maximum Gasteiger partial charge on any atom is 0.130 e. The highest BCUT2D eigenvalue weighted by Gasteiger charge is 2.44. The minimum atomic E-state index is -0.108. The van der Waals surface area contributed by atoms with Crippen molar-refractivity contribution in [2.45, 2.75) is 18.4 Å². The van der Waals surface area contributed by atoms with Crippen molar-refractivity contribution in [2.24, 2.45) is 0 Å². The summed E-state index contributed by atoms with van der Waals surface area (Å²) >= 11 is 0. The molecule has 2 heterocycles. The van der Waals surface area contributed by atoms with Gasteiger partial charge in [0.2, 0.25) is 0 Å². The van der Waals surface area contributed by atoms with E-state index in [0.29, 0.717) is 0 Å². The molecule has 2 heteroatoms. The normalized spacial score (nSPS) is 24.0. The molecule has 25 heavy (non-hydrogen) atoms. The van der Waals surface area contributed by atoms with Crippen LogP contribution in [0, 0.1) is 0 Å². The summed E-state index contributed by atoms with van der Waals surface area (Å²) < 4.78 is 6.24. The number of benzene rings is 3. The van der Waals surface area contributed by atoms with E-state index in [1.807, 2.05) is 0 Å². The lowest BCUT2D eigenvalue weighted by molar-refractivity contribution is 0.228. The van der Waals surface area contributed by atoms with Gasteiger partial charge in [-0.3, -0.25) is 0 Å². The van der Waals surface area contributed by atoms with E-state index in [4.69, 9.17) is 4.74 Å². The first-order valence-corrected chi connectivity index (χ1v) is 8.74.